The number of unbranched alkanes of at least 4 members (excludes halogenated alkanes) is 29. The van der Waals surface area contributed by atoms with Crippen LogP contribution in [-0.4, -0.2) is 37.9 Å². The molecule has 5 nitrogen and oxygen atoms in total. The highest BCUT2D eigenvalue weighted by Crippen LogP contribution is 2.15. The molecule has 0 rings (SSSR count). The zero-order chi connectivity index (χ0) is 47.7. The minimum atomic E-state index is -0.544. The second-order valence-electron chi connectivity index (χ2n) is 18.8. The van der Waals surface area contributed by atoms with E-state index in [9.17, 15) is 9.59 Å². The first-order chi connectivity index (χ1) is 32.6. The summed E-state index contributed by atoms with van der Waals surface area (Å²) in [4.78, 5) is 25.5. The molecule has 1 atom stereocenters. The maximum Gasteiger partial charge on any atom is 0.306 e. The Morgan fingerprint density at radius 2 is 0.682 bits per heavy atom. The number of hydrogen-bond acceptors (Lipinski definition) is 5. The first kappa shape index (κ1) is 63.3. The normalized spacial score (nSPS) is 12.7. The zero-order valence-corrected chi connectivity index (χ0v) is 44.0. The second kappa shape index (κ2) is 56.7. The smallest absolute Gasteiger partial charge is 0.306 e. The van der Waals surface area contributed by atoms with Crippen LogP contribution in [0, 0.1) is 0 Å². The van der Waals surface area contributed by atoms with Gasteiger partial charge in [-0.15, -0.1) is 0 Å². The lowest BCUT2D eigenvalue weighted by molar-refractivity contribution is -0.163. The molecule has 382 valence electrons. The number of esters is 2. The molecule has 66 heavy (non-hydrogen) atoms. The Kier molecular flexibility index (Phi) is 54.4. The van der Waals surface area contributed by atoms with Crippen molar-refractivity contribution in [1.82, 2.24) is 0 Å². The lowest BCUT2D eigenvalue weighted by Crippen LogP contribution is -2.30. The van der Waals surface area contributed by atoms with E-state index < -0.39 is 6.10 Å². The van der Waals surface area contributed by atoms with Crippen molar-refractivity contribution in [3.63, 3.8) is 0 Å². The van der Waals surface area contributed by atoms with Gasteiger partial charge in [0, 0.05) is 19.4 Å². The van der Waals surface area contributed by atoms with Gasteiger partial charge < -0.3 is 14.2 Å². The Labute approximate surface area is 410 Å². The lowest BCUT2D eigenvalue weighted by atomic mass is 10.1. The molecule has 0 saturated heterocycles. The standard InChI is InChI=1S/C61H108O5/c1-4-7-10-13-16-19-22-24-26-28-30-32-34-36-38-41-44-47-50-53-56-64-57-59(66-61(63)55-52-49-46-43-39-21-18-15-12-9-6-3)58-65-60(62)54-51-48-45-42-40-37-35-33-31-29-27-25-23-20-17-14-11-8-5-2/h7,10,16-17,19-20,24-27,30,32,59H,4-6,8-9,11-15,18,21-23,28-29,31,33-58H2,1-3H3/b10-7-,19-16-,20-17-,26-24-,27-25-,32-30-. The number of allylic oxidation sites excluding steroid dienone is 12. The van der Waals surface area contributed by atoms with Gasteiger partial charge in [-0.1, -0.05) is 248 Å². The fraction of sp³-hybridized carbons (Fsp3) is 0.770. The molecule has 0 bridgehead atoms. The molecule has 0 aromatic heterocycles. The highest BCUT2D eigenvalue weighted by atomic mass is 16.6. The highest BCUT2D eigenvalue weighted by molar-refractivity contribution is 5.70. The molecular formula is C61H108O5. The number of carbonyl (C=O) groups excluding carboxylic acids is 2. The quantitative estimate of drug-likeness (QED) is 0.0346. The van der Waals surface area contributed by atoms with Crippen molar-refractivity contribution < 1.29 is 23.8 Å². The van der Waals surface area contributed by atoms with Crippen LogP contribution >= 0.6 is 0 Å². The molecule has 0 aromatic rings. The topological polar surface area (TPSA) is 61.8 Å². The third-order valence-electron chi connectivity index (χ3n) is 12.2. The molecule has 0 amide bonds. The van der Waals surface area contributed by atoms with Crippen molar-refractivity contribution in [2.24, 2.45) is 0 Å². The molecular weight excluding hydrogens is 813 g/mol. The van der Waals surface area contributed by atoms with Crippen LogP contribution in [0.15, 0.2) is 72.9 Å². The van der Waals surface area contributed by atoms with E-state index in [1.54, 1.807) is 0 Å². The fourth-order valence-corrected chi connectivity index (χ4v) is 8.00. The second-order valence-corrected chi connectivity index (χ2v) is 18.8. The number of hydrogen-bond donors (Lipinski definition) is 0. The number of carbonyl (C=O) groups is 2. The Morgan fingerprint density at radius 3 is 1.12 bits per heavy atom. The molecule has 0 N–H and O–H groups in total. The third kappa shape index (κ3) is 54.0. The minimum Gasteiger partial charge on any atom is -0.462 e. The Bertz CT molecular complexity index is 1180. The van der Waals surface area contributed by atoms with Crippen LogP contribution in [0.2, 0.25) is 0 Å². The van der Waals surface area contributed by atoms with Gasteiger partial charge in [-0.3, -0.25) is 9.59 Å². The molecule has 0 aliphatic rings. The maximum atomic E-state index is 12.8. The maximum absolute atomic E-state index is 12.8. The number of rotatable bonds is 52. The molecule has 0 aliphatic heterocycles. The van der Waals surface area contributed by atoms with Gasteiger partial charge in [0.2, 0.25) is 0 Å². The zero-order valence-electron chi connectivity index (χ0n) is 44.0. The van der Waals surface area contributed by atoms with Gasteiger partial charge >= 0.3 is 11.9 Å². The van der Waals surface area contributed by atoms with Crippen LogP contribution in [0.25, 0.3) is 0 Å². The van der Waals surface area contributed by atoms with Crippen LogP contribution in [-0.2, 0) is 23.8 Å². The first-order valence-corrected chi connectivity index (χ1v) is 28.5. The largest absolute Gasteiger partial charge is 0.462 e. The van der Waals surface area contributed by atoms with E-state index in [4.69, 9.17) is 14.2 Å². The summed E-state index contributed by atoms with van der Waals surface area (Å²) >= 11 is 0. The van der Waals surface area contributed by atoms with Gasteiger partial charge in [-0.25, -0.2) is 0 Å². The number of ether oxygens (including phenoxy) is 3. The van der Waals surface area contributed by atoms with E-state index >= 15 is 0 Å². The van der Waals surface area contributed by atoms with Crippen LogP contribution in [0.5, 0.6) is 0 Å². The highest BCUT2D eigenvalue weighted by Gasteiger charge is 2.17. The molecule has 5 heteroatoms. The van der Waals surface area contributed by atoms with Crippen molar-refractivity contribution >= 4 is 11.9 Å². The summed E-state index contributed by atoms with van der Waals surface area (Å²) in [5.41, 5.74) is 0. The molecule has 0 aromatic carbocycles. The average Bonchev–Trinajstić information content (AvgIpc) is 3.32. The van der Waals surface area contributed by atoms with Crippen LogP contribution in [0.1, 0.15) is 278 Å². The molecule has 0 radical (unpaired) electrons. The molecule has 0 fully saturated rings. The third-order valence-corrected chi connectivity index (χ3v) is 12.2. The Morgan fingerprint density at radius 1 is 0.348 bits per heavy atom. The van der Waals surface area contributed by atoms with Crippen molar-refractivity contribution in [2.45, 2.75) is 284 Å². The van der Waals surface area contributed by atoms with Crippen molar-refractivity contribution in [1.29, 1.82) is 0 Å². The van der Waals surface area contributed by atoms with E-state index in [0.717, 1.165) is 70.6 Å². The first-order valence-electron chi connectivity index (χ1n) is 28.5. The molecule has 1 unspecified atom stereocenters. The van der Waals surface area contributed by atoms with Crippen LogP contribution < -0.4 is 0 Å². The summed E-state index contributed by atoms with van der Waals surface area (Å²) in [5, 5.41) is 0. The van der Waals surface area contributed by atoms with Crippen LogP contribution in [0.4, 0.5) is 0 Å². The van der Waals surface area contributed by atoms with Gasteiger partial charge in [0.05, 0.1) is 6.61 Å². The molecule has 0 saturated carbocycles. The van der Waals surface area contributed by atoms with Crippen LogP contribution in [0.3, 0.4) is 0 Å². The van der Waals surface area contributed by atoms with E-state index in [-0.39, 0.29) is 25.2 Å². The van der Waals surface area contributed by atoms with E-state index in [1.807, 2.05) is 0 Å². The van der Waals surface area contributed by atoms with Gasteiger partial charge in [-0.2, -0.15) is 0 Å². The van der Waals surface area contributed by atoms with Crippen molar-refractivity contribution in [3.05, 3.63) is 72.9 Å². The summed E-state index contributed by atoms with van der Waals surface area (Å²) in [6.07, 6.45) is 73.5. The lowest BCUT2D eigenvalue weighted by Gasteiger charge is -2.18. The van der Waals surface area contributed by atoms with Gasteiger partial charge in [-0.05, 0) is 89.9 Å². The minimum absolute atomic E-state index is 0.0791. The summed E-state index contributed by atoms with van der Waals surface area (Å²) in [7, 11) is 0. The SMILES string of the molecule is CC/C=C\C/C=C\C/C=C\C/C=C\CCCCCCCCCOCC(COC(=O)CCCCCCCCCCC/C=C\C/C=C\CCCCC)OC(=O)CCCCCCCCCCCCC. The van der Waals surface area contributed by atoms with Crippen molar-refractivity contribution in [2.75, 3.05) is 19.8 Å². The monoisotopic (exact) mass is 921 g/mol. The fourth-order valence-electron chi connectivity index (χ4n) is 8.00. The summed E-state index contributed by atoms with van der Waals surface area (Å²) < 4.78 is 17.5. The summed E-state index contributed by atoms with van der Waals surface area (Å²) in [6.45, 7) is 7.69. The van der Waals surface area contributed by atoms with E-state index in [0.29, 0.717) is 19.4 Å². The molecule has 0 heterocycles. The average molecular weight is 922 g/mol. The predicted molar refractivity (Wildman–Crippen MR) is 288 cm³/mol. The summed E-state index contributed by atoms with van der Waals surface area (Å²) in [6, 6.07) is 0. The predicted octanol–water partition coefficient (Wildman–Crippen LogP) is 19.5. The van der Waals surface area contributed by atoms with E-state index in [1.165, 1.54) is 173 Å². The van der Waals surface area contributed by atoms with E-state index in [2.05, 4.69) is 93.7 Å². The Balaban J connectivity index is 4.23. The van der Waals surface area contributed by atoms with Gasteiger partial charge in [0.25, 0.3) is 0 Å². The van der Waals surface area contributed by atoms with Gasteiger partial charge in [0.15, 0.2) is 6.10 Å². The van der Waals surface area contributed by atoms with Gasteiger partial charge in [0.1, 0.15) is 6.61 Å². The molecule has 0 spiro atoms. The van der Waals surface area contributed by atoms with Crippen molar-refractivity contribution in [3.8, 4) is 0 Å². The summed E-state index contributed by atoms with van der Waals surface area (Å²) in [5.74, 6) is -0.400. The Hall–Kier alpha value is -2.66. The molecule has 0 aliphatic carbocycles.